The molecular formula is C25H25FNO5-. The molecule has 1 aromatic heterocycles. The maximum absolute atomic E-state index is 13.6. The van der Waals surface area contributed by atoms with Crippen molar-refractivity contribution in [2.24, 2.45) is 0 Å². The molecule has 0 aliphatic carbocycles. The van der Waals surface area contributed by atoms with Gasteiger partial charge in [-0.05, 0) is 49.1 Å². The Morgan fingerprint density at radius 3 is 2.31 bits per heavy atom. The molecule has 0 bridgehead atoms. The van der Waals surface area contributed by atoms with Crippen molar-refractivity contribution in [1.29, 1.82) is 0 Å². The number of carboxylic acid groups (broad SMARTS) is 1. The highest BCUT2D eigenvalue weighted by atomic mass is 19.1. The molecule has 6 nitrogen and oxygen atoms in total. The largest absolute Gasteiger partial charge is 0.550 e. The number of hydrogen-bond donors (Lipinski definition) is 2. The fourth-order valence-corrected chi connectivity index (χ4v) is 3.82. The summed E-state index contributed by atoms with van der Waals surface area (Å²) >= 11 is 0. The first-order valence-electron chi connectivity index (χ1n) is 10.4. The molecule has 1 heterocycles. The number of fused-ring (bicyclic) bond motifs is 1. The van der Waals surface area contributed by atoms with E-state index in [0.717, 1.165) is 0 Å². The number of nitrogens with zero attached hydrogens (tertiary/aromatic N) is 1. The van der Waals surface area contributed by atoms with E-state index in [2.05, 4.69) is 0 Å². The van der Waals surface area contributed by atoms with E-state index in [9.17, 15) is 29.3 Å². The van der Waals surface area contributed by atoms with Gasteiger partial charge in [0.25, 0.3) is 5.56 Å². The minimum absolute atomic E-state index is 0.199. The lowest BCUT2D eigenvalue weighted by molar-refractivity contribution is -0.307. The summed E-state index contributed by atoms with van der Waals surface area (Å²) in [7, 11) is 0. The third-order valence-electron chi connectivity index (χ3n) is 5.20. The van der Waals surface area contributed by atoms with Crippen LogP contribution in [-0.4, -0.2) is 33.0 Å². The lowest BCUT2D eigenvalue weighted by atomic mass is 9.95. The van der Waals surface area contributed by atoms with Crippen molar-refractivity contribution in [3.05, 3.63) is 76.5 Å². The van der Waals surface area contributed by atoms with Gasteiger partial charge in [0.15, 0.2) is 0 Å². The van der Waals surface area contributed by atoms with Crippen LogP contribution in [0.5, 0.6) is 0 Å². The Kier molecular flexibility index (Phi) is 7.22. The molecule has 0 fully saturated rings. The van der Waals surface area contributed by atoms with Gasteiger partial charge in [0, 0.05) is 35.8 Å². The highest BCUT2D eigenvalue weighted by Crippen LogP contribution is 2.33. The number of halogens is 1. The summed E-state index contributed by atoms with van der Waals surface area (Å²) in [6.45, 7) is 3.73. The standard InChI is InChI=1S/C25H26FNO5/c1-15(2)27-22(12-11-18(28)13-19(29)14-23(30)31)24(16-7-9-17(26)10-8-16)20-5-3-4-6-21(20)25(27)32/h3-12,15,18-19,28-29H,13-14H2,1-2H3,(H,30,31)/p-1/b12-11+. The van der Waals surface area contributed by atoms with Crippen LogP contribution in [0.4, 0.5) is 4.39 Å². The number of aliphatic hydroxyl groups is 2. The number of aromatic nitrogens is 1. The molecule has 2 atom stereocenters. The van der Waals surface area contributed by atoms with Crippen molar-refractivity contribution in [3.63, 3.8) is 0 Å². The number of carboxylic acids is 1. The maximum atomic E-state index is 13.6. The highest BCUT2D eigenvalue weighted by molar-refractivity contribution is 5.99. The van der Waals surface area contributed by atoms with Crippen LogP contribution < -0.4 is 10.7 Å². The van der Waals surface area contributed by atoms with Gasteiger partial charge in [-0.15, -0.1) is 0 Å². The van der Waals surface area contributed by atoms with Gasteiger partial charge in [-0.25, -0.2) is 4.39 Å². The van der Waals surface area contributed by atoms with Gasteiger partial charge < -0.3 is 24.7 Å². The Hall–Kier alpha value is -3.29. The number of benzene rings is 2. The van der Waals surface area contributed by atoms with E-state index in [1.807, 2.05) is 26.0 Å². The fraction of sp³-hybridized carbons (Fsp3) is 0.280. The van der Waals surface area contributed by atoms with Crippen molar-refractivity contribution in [1.82, 2.24) is 4.57 Å². The van der Waals surface area contributed by atoms with Gasteiger partial charge in [0.05, 0.1) is 17.9 Å². The molecule has 2 unspecified atom stereocenters. The minimum Gasteiger partial charge on any atom is -0.550 e. The molecule has 0 radical (unpaired) electrons. The van der Waals surface area contributed by atoms with Crippen LogP contribution in [0, 0.1) is 5.82 Å². The van der Waals surface area contributed by atoms with Crippen LogP contribution in [0.15, 0.2) is 59.4 Å². The summed E-state index contributed by atoms with van der Waals surface area (Å²) < 4.78 is 15.2. The van der Waals surface area contributed by atoms with Crippen molar-refractivity contribution in [2.45, 2.75) is 44.9 Å². The van der Waals surface area contributed by atoms with E-state index in [4.69, 9.17) is 0 Å². The smallest absolute Gasteiger partial charge is 0.259 e. The fourth-order valence-electron chi connectivity index (χ4n) is 3.82. The van der Waals surface area contributed by atoms with Crippen molar-refractivity contribution in [2.75, 3.05) is 0 Å². The molecule has 0 saturated carbocycles. The van der Waals surface area contributed by atoms with E-state index in [-0.39, 0.29) is 23.8 Å². The molecule has 0 aliphatic heterocycles. The topological polar surface area (TPSA) is 103 Å². The van der Waals surface area contributed by atoms with E-state index in [1.54, 1.807) is 34.9 Å². The molecule has 2 aromatic carbocycles. The third kappa shape index (κ3) is 5.12. The predicted octanol–water partition coefficient (Wildman–Crippen LogP) is 2.65. The van der Waals surface area contributed by atoms with Crippen molar-refractivity contribution >= 4 is 22.8 Å². The van der Waals surface area contributed by atoms with Crippen molar-refractivity contribution < 1.29 is 24.5 Å². The number of carbonyl (C=O) groups excluding carboxylic acids is 1. The Morgan fingerprint density at radius 1 is 1.09 bits per heavy atom. The van der Waals surface area contributed by atoms with Crippen LogP contribution in [0.3, 0.4) is 0 Å². The number of aliphatic hydroxyl groups excluding tert-OH is 2. The molecule has 168 valence electrons. The number of aliphatic carboxylic acids is 1. The summed E-state index contributed by atoms with van der Waals surface area (Å²) in [6.07, 6.45) is -0.196. The number of carbonyl (C=O) groups is 1. The Bertz CT molecular complexity index is 1200. The van der Waals surface area contributed by atoms with Gasteiger partial charge in [-0.1, -0.05) is 36.4 Å². The first-order valence-corrected chi connectivity index (χ1v) is 10.4. The van der Waals surface area contributed by atoms with Crippen LogP contribution in [-0.2, 0) is 4.79 Å². The molecule has 0 aliphatic rings. The second-order valence-corrected chi connectivity index (χ2v) is 7.97. The van der Waals surface area contributed by atoms with E-state index in [1.165, 1.54) is 18.2 Å². The van der Waals surface area contributed by atoms with Crippen LogP contribution in [0.25, 0.3) is 28.0 Å². The van der Waals surface area contributed by atoms with Crippen LogP contribution in [0.1, 0.15) is 38.4 Å². The molecule has 3 rings (SSSR count). The zero-order valence-corrected chi connectivity index (χ0v) is 17.9. The van der Waals surface area contributed by atoms with Crippen molar-refractivity contribution in [3.8, 4) is 11.1 Å². The van der Waals surface area contributed by atoms with Crippen LogP contribution in [0.2, 0.25) is 0 Å². The number of rotatable bonds is 8. The van der Waals surface area contributed by atoms with E-state index in [0.29, 0.717) is 27.6 Å². The van der Waals surface area contributed by atoms with Crippen LogP contribution >= 0.6 is 0 Å². The molecule has 7 heteroatoms. The third-order valence-corrected chi connectivity index (χ3v) is 5.20. The summed E-state index contributed by atoms with van der Waals surface area (Å²) in [5.41, 5.74) is 1.71. The zero-order valence-electron chi connectivity index (χ0n) is 17.9. The lowest BCUT2D eigenvalue weighted by Gasteiger charge is -2.21. The van der Waals surface area contributed by atoms with E-state index < -0.39 is 24.6 Å². The average Bonchev–Trinajstić information content (AvgIpc) is 2.72. The quantitative estimate of drug-likeness (QED) is 0.563. The number of pyridine rings is 1. The maximum Gasteiger partial charge on any atom is 0.259 e. The van der Waals surface area contributed by atoms with Gasteiger partial charge in [-0.3, -0.25) is 4.79 Å². The van der Waals surface area contributed by atoms with Gasteiger partial charge in [0.1, 0.15) is 5.82 Å². The second-order valence-electron chi connectivity index (χ2n) is 7.97. The monoisotopic (exact) mass is 438 g/mol. The lowest BCUT2D eigenvalue weighted by Crippen LogP contribution is -2.29. The van der Waals surface area contributed by atoms with Gasteiger partial charge in [0.2, 0.25) is 0 Å². The molecule has 3 aromatic rings. The SMILES string of the molecule is CC(C)n1c(/C=C/C(O)CC(O)CC(=O)[O-])c(-c2ccc(F)cc2)c2ccccc2c1=O. The van der Waals surface area contributed by atoms with Gasteiger partial charge in [-0.2, -0.15) is 0 Å². The number of hydrogen-bond acceptors (Lipinski definition) is 5. The Balaban J connectivity index is 2.20. The minimum atomic E-state index is -1.41. The van der Waals surface area contributed by atoms with Gasteiger partial charge >= 0.3 is 0 Å². The summed E-state index contributed by atoms with van der Waals surface area (Å²) in [6, 6.07) is 12.9. The first-order chi connectivity index (χ1) is 15.2. The summed E-state index contributed by atoms with van der Waals surface area (Å²) in [4.78, 5) is 23.9. The summed E-state index contributed by atoms with van der Waals surface area (Å²) in [5, 5.41) is 31.9. The highest BCUT2D eigenvalue weighted by Gasteiger charge is 2.19. The molecule has 0 spiro atoms. The Morgan fingerprint density at radius 2 is 1.72 bits per heavy atom. The zero-order chi connectivity index (χ0) is 23.4. The molecular weight excluding hydrogens is 413 g/mol. The molecule has 0 saturated heterocycles. The Labute approximate surface area is 184 Å². The normalized spacial score (nSPS) is 13.7. The molecule has 0 amide bonds. The molecule has 32 heavy (non-hydrogen) atoms. The van der Waals surface area contributed by atoms with E-state index >= 15 is 0 Å². The summed E-state index contributed by atoms with van der Waals surface area (Å²) in [5.74, 6) is -1.79. The predicted molar refractivity (Wildman–Crippen MR) is 119 cm³/mol. The average molecular weight is 438 g/mol. The molecule has 2 N–H and O–H groups in total. The second kappa shape index (κ2) is 9.89. The first kappa shape index (κ1) is 23.4.